The molecular weight excluding hydrogens is 172 g/mol. The highest BCUT2D eigenvalue weighted by Gasteiger charge is 2.35. The van der Waals surface area contributed by atoms with Gasteiger partial charge in [-0.3, -0.25) is 0 Å². The number of rotatable bonds is 0. The lowest BCUT2D eigenvalue weighted by molar-refractivity contribution is 0.249. The van der Waals surface area contributed by atoms with Crippen LogP contribution in [0.3, 0.4) is 0 Å². The maximum Gasteiger partial charge on any atom is 0.0957 e. The van der Waals surface area contributed by atoms with E-state index < -0.39 is 0 Å². The van der Waals surface area contributed by atoms with Gasteiger partial charge in [-0.1, -0.05) is 31.9 Å². The fourth-order valence-electron chi connectivity index (χ4n) is 2.88. The topological polar surface area (TPSA) is 20.2 Å². The Morgan fingerprint density at radius 3 is 2.86 bits per heavy atom. The van der Waals surface area contributed by atoms with Crippen LogP contribution >= 0.6 is 0 Å². The first-order valence-electron chi connectivity index (χ1n) is 5.61. The quantitative estimate of drug-likeness (QED) is 0.615. The minimum absolute atomic E-state index is 0.352. The number of allylic oxidation sites excluding steroid dienone is 4. The maximum atomic E-state index is 9.72. The molecule has 0 radical (unpaired) electrons. The lowest BCUT2D eigenvalue weighted by Crippen LogP contribution is -2.28. The van der Waals surface area contributed by atoms with Crippen LogP contribution in [0.25, 0.3) is 0 Å². The zero-order valence-electron chi connectivity index (χ0n) is 9.43. The largest absolute Gasteiger partial charge is 0.512 e. The molecule has 78 valence electrons. The van der Waals surface area contributed by atoms with Crippen molar-refractivity contribution < 1.29 is 5.11 Å². The predicted octanol–water partition coefficient (Wildman–Crippen LogP) is 3.97. The molecule has 0 aliphatic heterocycles. The smallest absolute Gasteiger partial charge is 0.0957 e. The molecule has 1 nitrogen and oxygen atoms in total. The molecular formula is C13H20O. The van der Waals surface area contributed by atoms with Crippen LogP contribution in [0.2, 0.25) is 0 Å². The van der Waals surface area contributed by atoms with Gasteiger partial charge in [0.05, 0.1) is 5.76 Å². The molecule has 0 aromatic carbocycles. The van der Waals surface area contributed by atoms with E-state index in [0.29, 0.717) is 17.1 Å². The molecule has 1 saturated carbocycles. The van der Waals surface area contributed by atoms with E-state index >= 15 is 0 Å². The van der Waals surface area contributed by atoms with Crippen LogP contribution in [0, 0.1) is 11.3 Å². The minimum atomic E-state index is 0.352. The van der Waals surface area contributed by atoms with Crippen LogP contribution in [0.4, 0.5) is 0 Å². The fraction of sp³-hybridized carbons (Fsp3) is 0.692. The minimum Gasteiger partial charge on any atom is -0.512 e. The average molecular weight is 192 g/mol. The number of hydrogen-bond donors (Lipinski definition) is 1. The van der Waals surface area contributed by atoms with Gasteiger partial charge in [0.2, 0.25) is 0 Å². The molecule has 2 rings (SSSR count). The third kappa shape index (κ3) is 1.49. The fourth-order valence-corrected chi connectivity index (χ4v) is 2.88. The summed E-state index contributed by atoms with van der Waals surface area (Å²) in [7, 11) is 0. The second kappa shape index (κ2) is 3.15. The van der Waals surface area contributed by atoms with E-state index in [2.05, 4.69) is 19.9 Å². The molecule has 1 fully saturated rings. The molecule has 0 aromatic heterocycles. The van der Waals surface area contributed by atoms with E-state index in [1.807, 2.05) is 6.92 Å². The van der Waals surface area contributed by atoms with E-state index in [0.717, 1.165) is 12.0 Å². The summed E-state index contributed by atoms with van der Waals surface area (Å²) in [5, 5.41) is 9.72. The van der Waals surface area contributed by atoms with Crippen molar-refractivity contribution >= 4 is 0 Å². The maximum absolute atomic E-state index is 9.72. The Hall–Kier alpha value is -0.720. The molecule has 2 aliphatic rings. The second-order valence-electron chi connectivity index (χ2n) is 5.41. The molecule has 1 atom stereocenters. The molecule has 0 amide bonds. The Bertz CT molecular complexity index is 307. The molecule has 1 unspecified atom stereocenters. The summed E-state index contributed by atoms with van der Waals surface area (Å²) in [5.41, 5.74) is 3.00. The first kappa shape index (κ1) is 9.82. The van der Waals surface area contributed by atoms with Gasteiger partial charge >= 0.3 is 0 Å². The molecule has 1 N–H and O–H groups in total. The van der Waals surface area contributed by atoms with Crippen molar-refractivity contribution in [3.8, 4) is 0 Å². The van der Waals surface area contributed by atoms with Gasteiger partial charge in [-0.25, -0.2) is 0 Å². The Morgan fingerprint density at radius 2 is 2.14 bits per heavy atom. The molecule has 14 heavy (non-hydrogen) atoms. The van der Waals surface area contributed by atoms with Crippen molar-refractivity contribution in [1.29, 1.82) is 0 Å². The Labute approximate surface area is 86.5 Å². The standard InChI is InChI=1S/C13H20O/c1-9-7-11-10(8-12(9)14)5-4-6-13(11,2)3/h7,10,14H,4-6,8H2,1-3H3. The van der Waals surface area contributed by atoms with Crippen molar-refractivity contribution in [2.24, 2.45) is 11.3 Å². The molecule has 0 saturated heterocycles. The van der Waals surface area contributed by atoms with Crippen molar-refractivity contribution in [2.75, 3.05) is 0 Å². The summed E-state index contributed by atoms with van der Waals surface area (Å²) in [5.74, 6) is 1.22. The normalized spacial score (nSPS) is 31.1. The highest BCUT2D eigenvalue weighted by Crippen LogP contribution is 2.48. The lowest BCUT2D eigenvalue weighted by atomic mass is 9.65. The molecule has 0 heterocycles. The molecule has 2 aliphatic carbocycles. The summed E-state index contributed by atoms with van der Waals surface area (Å²) >= 11 is 0. The SMILES string of the molecule is CC1=C(O)CC2CCCC(C)(C)C2=C1. The molecule has 0 aromatic rings. The van der Waals surface area contributed by atoms with Gasteiger partial charge in [0, 0.05) is 6.42 Å². The van der Waals surface area contributed by atoms with E-state index in [9.17, 15) is 5.11 Å². The molecule has 0 spiro atoms. The van der Waals surface area contributed by atoms with Crippen LogP contribution in [0.15, 0.2) is 23.0 Å². The van der Waals surface area contributed by atoms with E-state index in [4.69, 9.17) is 0 Å². The number of aliphatic hydroxyl groups is 1. The first-order valence-corrected chi connectivity index (χ1v) is 5.61. The molecule has 0 bridgehead atoms. The van der Waals surface area contributed by atoms with Crippen molar-refractivity contribution in [3.63, 3.8) is 0 Å². The first-order chi connectivity index (χ1) is 6.50. The summed E-state index contributed by atoms with van der Waals surface area (Å²) in [4.78, 5) is 0. The number of hydrogen-bond acceptors (Lipinski definition) is 1. The van der Waals surface area contributed by atoms with Gasteiger partial charge in [0.25, 0.3) is 0 Å². The predicted molar refractivity (Wildman–Crippen MR) is 59.2 cm³/mol. The lowest BCUT2D eigenvalue weighted by Gasteiger charge is -2.40. The van der Waals surface area contributed by atoms with Crippen molar-refractivity contribution in [1.82, 2.24) is 0 Å². The summed E-state index contributed by atoms with van der Waals surface area (Å²) in [6.07, 6.45) is 6.96. The van der Waals surface area contributed by atoms with Gasteiger partial charge in [-0.05, 0) is 36.7 Å². The van der Waals surface area contributed by atoms with E-state index in [1.54, 1.807) is 5.57 Å². The summed E-state index contributed by atoms with van der Waals surface area (Å²) in [6, 6.07) is 0. The monoisotopic (exact) mass is 192 g/mol. The van der Waals surface area contributed by atoms with Crippen molar-refractivity contribution in [3.05, 3.63) is 23.0 Å². The molecule has 1 heteroatoms. The van der Waals surface area contributed by atoms with E-state index in [1.165, 1.54) is 19.3 Å². The zero-order valence-corrected chi connectivity index (χ0v) is 9.43. The second-order valence-corrected chi connectivity index (χ2v) is 5.41. The summed E-state index contributed by atoms with van der Waals surface area (Å²) in [6.45, 7) is 6.69. The average Bonchev–Trinajstić information content (AvgIpc) is 2.08. The highest BCUT2D eigenvalue weighted by molar-refractivity contribution is 5.35. The number of aliphatic hydroxyl groups excluding tert-OH is 1. The van der Waals surface area contributed by atoms with Gasteiger partial charge < -0.3 is 5.11 Å². The zero-order chi connectivity index (χ0) is 10.3. The Morgan fingerprint density at radius 1 is 1.43 bits per heavy atom. The van der Waals surface area contributed by atoms with Gasteiger partial charge in [-0.2, -0.15) is 0 Å². The van der Waals surface area contributed by atoms with Gasteiger partial charge in [0.15, 0.2) is 0 Å². The number of fused-ring (bicyclic) bond motifs is 1. The van der Waals surface area contributed by atoms with Gasteiger partial charge in [0.1, 0.15) is 0 Å². The van der Waals surface area contributed by atoms with E-state index in [-0.39, 0.29) is 0 Å². The third-order valence-corrected chi connectivity index (χ3v) is 3.84. The third-order valence-electron chi connectivity index (χ3n) is 3.84. The van der Waals surface area contributed by atoms with Crippen molar-refractivity contribution in [2.45, 2.75) is 46.5 Å². The summed E-state index contributed by atoms with van der Waals surface area (Å²) < 4.78 is 0. The Kier molecular flexibility index (Phi) is 2.21. The van der Waals surface area contributed by atoms with Gasteiger partial charge in [-0.15, -0.1) is 0 Å². The van der Waals surface area contributed by atoms with Crippen LogP contribution < -0.4 is 0 Å². The Balaban J connectivity index is 2.37. The highest BCUT2D eigenvalue weighted by atomic mass is 16.3. The van der Waals surface area contributed by atoms with Crippen LogP contribution in [-0.2, 0) is 0 Å². The van der Waals surface area contributed by atoms with Crippen LogP contribution in [0.5, 0.6) is 0 Å². The van der Waals surface area contributed by atoms with Crippen LogP contribution in [0.1, 0.15) is 46.5 Å². The van der Waals surface area contributed by atoms with Crippen LogP contribution in [-0.4, -0.2) is 5.11 Å².